The number of benzene rings is 3. The summed E-state index contributed by atoms with van der Waals surface area (Å²) in [7, 11) is -4.48. The average Bonchev–Trinajstić information content (AvgIpc) is 2.67. The lowest BCUT2D eigenvalue weighted by atomic mass is 9.83. The molecule has 28 heavy (non-hydrogen) atoms. The molecule has 0 amide bonds. The molecule has 0 aliphatic carbocycles. The second-order valence-electron chi connectivity index (χ2n) is 6.40. The van der Waals surface area contributed by atoms with Gasteiger partial charge in [-0.25, -0.2) is 8.42 Å². The van der Waals surface area contributed by atoms with Crippen LogP contribution in [-0.4, -0.2) is 14.6 Å². The fraction of sp³-hybridized carbons (Fsp3) is 0.143. The molecule has 0 bridgehead atoms. The Balaban J connectivity index is 2.26. The Morgan fingerprint density at radius 3 is 1.54 bits per heavy atom. The van der Waals surface area contributed by atoms with E-state index >= 15 is 0 Å². The van der Waals surface area contributed by atoms with Gasteiger partial charge in [0, 0.05) is 0 Å². The first kappa shape index (κ1) is 20.1. The number of halogens is 3. The SMILES string of the molecule is Cc1ccc(S(=O)(=O)NC(c2ccccc2)(c2ccccc2)C(F)(F)F)cc1. The molecule has 3 aromatic carbocycles. The number of sulfonamides is 1. The number of rotatable bonds is 5. The number of hydrogen-bond donors (Lipinski definition) is 1. The van der Waals surface area contributed by atoms with Gasteiger partial charge in [0.2, 0.25) is 10.0 Å². The van der Waals surface area contributed by atoms with Crippen molar-refractivity contribution >= 4 is 10.0 Å². The van der Waals surface area contributed by atoms with E-state index in [0.29, 0.717) is 0 Å². The van der Waals surface area contributed by atoms with Crippen molar-refractivity contribution in [2.45, 2.75) is 23.5 Å². The van der Waals surface area contributed by atoms with Gasteiger partial charge in [0.15, 0.2) is 5.54 Å². The van der Waals surface area contributed by atoms with Gasteiger partial charge in [-0.05, 0) is 30.2 Å². The predicted octanol–water partition coefficient (Wildman–Crippen LogP) is 4.78. The summed E-state index contributed by atoms with van der Waals surface area (Å²) in [6.07, 6.45) is -4.94. The average molecular weight is 405 g/mol. The van der Waals surface area contributed by atoms with Gasteiger partial charge in [-0.15, -0.1) is 0 Å². The highest BCUT2D eigenvalue weighted by Gasteiger charge is 2.59. The molecule has 3 aromatic rings. The summed E-state index contributed by atoms with van der Waals surface area (Å²) in [6, 6.07) is 19.6. The summed E-state index contributed by atoms with van der Waals surface area (Å²) in [5.41, 5.74) is -2.57. The molecule has 0 heterocycles. The molecule has 0 aliphatic rings. The highest BCUT2D eigenvalue weighted by atomic mass is 32.2. The van der Waals surface area contributed by atoms with Crippen molar-refractivity contribution in [1.29, 1.82) is 0 Å². The molecule has 0 saturated carbocycles. The van der Waals surface area contributed by atoms with Crippen molar-refractivity contribution in [1.82, 2.24) is 4.72 Å². The topological polar surface area (TPSA) is 46.2 Å². The molecular formula is C21H18F3NO2S. The van der Waals surface area contributed by atoms with E-state index in [-0.39, 0.29) is 16.0 Å². The maximum Gasteiger partial charge on any atom is 0.415 e. The Morgan fingerprint density at radius 1 is 0.714 bits per heavy atom. The highest BCUT2D eigenvalue weighted by Crippen LogP contribution is 2.45. The Labute approximate surface area is 161 Å². The number of hydrogen-bond acceptors (Lipinski definition) is 2. The third-order valence-electron chi connectivity index (χ3n) is 4.46. The zero-order valence-electron chi connectivity index (χ0n) is 14.9. The first-order valence-corrected chi connectivity index (χ1v) is 9.93. The van der Waals surface area contributed by atoms with Crippen molar-refractivity contribution in [3.63, 3.8) is 0 Å². The van der Waals surface area contributed by atoms with Crippen LogP contribution in [0.1, 0.15) is 16.7 Å². The van der Waals surface area contributed by atoms with E-state index in [4.69, 9.17) is 0 Å². The van der Waals surface area contributed by atoms with Gasteiger partial charge in [0.05, 0.1) is 4.90 Å². The third-order valence-corrected chi connectivity index (χ3v) is 5.93. The van der Waals surface area contributed by atoms with Crippen molar-refractivity contribution in [3.8, 4) is 0 Å². The lowest BCUT2D eigenvalue weighted by Crippen LogP contribution is -2.56. The summed E-state index contributed by atoms with van der Waals surface area (Å²) in [5, 5.41) is 0. The molecular weight excluding hydrogens is 387 g/mol. The molecule has 0 unspecified atom stereocenters. The van der Waals surface area contributed by atoms with Gasteiger partial charge in [0.25, 0.3) is 0 Å². The lowest BCUT2D eigenvalue weighted by Gasteiger charge is -2.37. The summed E-state index contributed by atoms with van der Waals surface area (Å²) in [4.78, 5) is -0.237. The summed E-state index contributed by atoms with van der Waals surface area (Å²) >= 11 is 0. The summed E-state index contributed by atoms with van der Waals surface area (Å²) < 4.78 is 71.4. The monoisotopic (exact) mass is 405 g/mol. The minimum Gasteiger partial charge on any atom is -0.207 e. The van der Waals surface area contributed by atoms with Crippen LogP contribution in [0.4, 0.5) is 13.2 Å². The van der Waals surface area contributed by atoms with E-state index in [1.807, 2.05) is 4.72 Å². The molecule has 0 aromatic heterocycles. The van der Waals surface area contributed by atoms with E-state index < -0.39 is 21.7 Å². The molecule has 0 fully saturated rings. The van der Waals surface area contributed by atoms with Crippen LogP contribution in [-0.2, 0) is 15.6 Å². The van der Waals surface area contributed by atoms with Crippen LogP contribution in [0.5, 0.6) is 0 Å². The van der Waals surface area contributed by atoms with E-state index in [1.165, 1.54) is 72.8 Å². The molecule has 0 atom stereocenters. The van der Waals surface area contributed by atoms with E-state index in [2.05, 4.69) is 0 Å². The van der Waals surface area contributed by atoms with Crippen LogP contribution in [0.15, 0.2) is 89.8 Å². The Morgan fingerprint density at radius 2 is 1.14 bits per heavy atom. The van der Waals surface area contributed by atoms with Gasteiger partial charge in [0.1, 0.15) is 0 Å². The standard InChI is InChI=1S/C21H18F3NO2S/c1-16-12-14-19(15-13-16)28(26,27)25-20(21(22,23)24,17-8-4-2-5-9-17)18-10-6-3-7-11-18/h2-15,25H,1H3. The Kier molecular flexibility index (Phi) is 5.32. The summed E-state index contributed by atoms with van der Waals surface area (Å²) in [5.74, 6) is 0. The zero-order valence-corrected chi connectivity index (χ0v) is 15.8. The minimum absolute atomic E-state index is 0.218. The zero-order chi connectivity index (χ0) is 20.4. The number of alkyl halides is 3. The minimum atomic E-state index is -4.94. The van der Waals surface area contributed by atoms with Gasteiger partial charge in [-0.2, -0.15) is 17.9 Å². The molecule has 0 aliphatic heterocycles. The smallest absolute Gasteiger partial charge is 0.207 e. The van der Waals surface area contributed by atoms with E-state index in [9.17, 15) is 21.6 Å². The maximum absolute atomic E-state index is 14.5. The Hall–Kier alpha value is -2.64. The second kappa shape index (κ2) is 7.41. The van der Waals surface area contributed by atoms with Gasteiger partial charge < -0.3 is 0 Å². The largest absolute Gasteiger partial charge is 0.415 e. The summed E-state index contributed by atoms with van der Waals surface area (Å²) in [6.45, 7) is 1.76. The van der Waals surface area contributed by atoms with Crippen LogP contribution in [0.2, 0.25) is 0 Å². The normalized spacial score (nSPS) is 12.7. The molecule has 3 nitrogen and oxygen atoms in total. The fourth-order valence-corrected chi connectivity index (χ4v) is 4.39. The third kappa shape index (κ3) is 3.68. The molecule has 7 heteroatoms. The first-order valence-electron chi connectivity index (χ1n) is 8.45. The predicted molar refractivity (Wildman–Crippen MR) is 101 cm³/mol. The quantitative estimate of drug-likeness (QED) is 0.664. The van der Waals surface area contributed by atoms with E-state index in [0.717, 1.165) is 5.56 Å². The van der Waals surface area contributed by atoms with Crippen LogP contribution in [0.25, 0.3) is 0 Å². The van der Waals surface area contributed by atoms with Crippen LogP contribution >= 0.6 is 0 Å². The van der Waals surface area contributed by atoms with Gasteiger partial charge in [-0.1, -0.05) is 78.4 Å². The van der Waals surface area contributed by atoms with Crippen LogP contribution in [0, 0.1) is 6.92 Å². The van der Waals surface area contributed by atoms with Crippen molar-refractivity contribution in [3.05, 3.63) is 102 Å². The molecule has 146 valence electrons. The van der Waals surface area contributed by atoms with Crippen LogP contribution < -0.4 is 4.72 Å². The van der Waals surface area contributed by atoms with Gasteiger partial charge in [-0.3, -0.25) is 0 Å². The molecule has 3 rings (SSSR count). The lowest BCUT2D eigenvalue weighted by molar-refractivity contribution is -0.181. The molecule has 0 saturated heterocycles. The number of aryl methyl sites for hydroxylation is 1. The number of nitrogens with one attached hydrogen (secondary N) is 1. The molecule has 0 spiro atoms. The van der Waals surface area contributed by atoms with Crippen molar-refractivity contribution < 1.29 is 21.6 Å². The van der Waals surface area contributed by atoms with Crippen LogP contribution in [0.3, 0.4) is 0 Å². The fourth-order valence-electron chi connectivity index (χ4n) is 3.02. The van der Waals surface area contributed by atoms with Gasteiger partial charge >= 0.3 is 6.18 Å². The maximum atomic E-state index is 14.5. The van der Waals surface area contributed by atoms with Crippen molar-refractivity contribution in [2.75, 3.05) is 0 Å². The highest BCUT2D eigenvalue weighted by molar-refractivity contribution is 7.89. The molecule has 1 N–H and O–H groups in total. The molecule has 0 radical (unpaired) electrons. The second-order valence-corrected chi connectivity index (χ2v) is 8.08. The van der Waals surface area contributed by atoms with Crippen molar-refractivity contribution in [2.24, 2.45) is 0 Å². The first-order chi connectivity index (χ1) is 13.2. The van der Waals surface area contributed by atoms with E-state index in [1.54, 1.807) is 19.1 Å². The Bertz CT molecular complexity index is 993.